The molecule has 1 aromatic heterocycles. The standard InChI is InChI=1S/C26H24N2O3/c1-2-30-26(29)24-18-28(27-25(24)22-11-7-4-8-12-22)17-20-13-15-23(16-14-20)31-19-21-9-5-3-6-10-21/h3-16,18H,2,17,19H2,1H3. The molecule has 0 amide bonds. The highest BCUT2D eigenvalue weighted by atomic mass is 16.5. The van der Waals surface area contributed by atoms with Crippen molar-refractivity contribution in [1.29, 1.82) is 0 Å². The van der Waals surface area contributed by atoms with Gasteiger partial charge in [-0.25, -0.2) is 4.79 Å². The molecule has 4 rings (SSSR count). The first kappa shape index (κ1) is 20.4. The molecule has 0 bridgehead atoms. The zero-order valence-corrected chi connectivity index (χ0v) is 17.4. The maximum Gasteiger partial charge on any atom is 0.341 e. The van der Waals surface area contributed by atoms with Gasteiger partial charge in [0.05, 0.1) is 13.2 Å². The summed E-state index contributed by atoms with van der Waals surface area (Å²) in [6.45, 7) is 3.19. The van der Waals surface area contributed by atoms with Crippen molar-refractivity contribution in [3.63, 3.8) is 0 Å². The summed E-state index contributed by atoms with van der Waals surface area (Å²) in [4.78, 5) is 12.4. The van der Waals surface area contributed by atoms with Crippen molar-refractivity contribution in [3.8, 4) is 17.0 Å². The minimum Gasteiger partial charge on any atom is -0.489 e. The number of nitrogens with zero attached hydrogens (tertiary/aromatic N) is 2. The molecule has 0 saturated heterocycles. The van der Waals surface area contributed by atoms with Gasteiger partial charge < -0.3 is 9.47 Å². The molecule has 4 aromatic rings. The Hall–Kier alpha value is -3.86. The lowest BCUT2D eigenvalue weighted by Crippen LogP contribution is -2.05. The molecule has 0 atom stereocenters. The number of hydrogen-bond acceptors (Lipinski definition) is 4. The van der Waals surface area contributed by atoms with Crippen molar-refractivity contribution in [2.75, 3.05) is 6.61 Å². The van der Waals surface area contributed by atoms with E-state index < -0.39 is 0 Å². The SMILES string of the molecule is CCOC(=O)c1cn(Cc2ccc(OCc3ccccc3)cc2)nc1-c1ccccc1. The van der Waals surface area contributed by atoms with E-state index in [9.17, 15) is 4.79 Å². The monoisotopic (exact) mass is 412 g/mol. The van der Waals surface area contributed by atoms with Gasteiger partial charge in [0.15, 0.2) is 0 Å². The Balaban J connectivity index is 1.49. The summed E-state index contributed by atoms with van der Waals surface area (Å²) in [7, 11) is 0. The van der Waals surface area contributed by atoms with Crippen LogP contribution in [0.5, 0.6) is 5.75 Å². The van der Waals surface area contributed by atoms with Crippen LogP contribution in [0.2, 0.25) is 0 Å². The number of ether oxygens (including phenoxy) is 2. The topological polar surface area (TPSA) is 53.4 Å². The number of rotatable bonds is 8. The molecule has 0 aliphatic heterocycles. The largest absolute Gasteiger partial charge is 0.489 e. The molecule has 5 nitrogen and oxygen atoms in total. The van der Waals surface area contributed by atoms with Gasteiger partial charge in [-0.3, -0.25) is 4.68 Å². The Labute approximate surface area is 181 Å². The lowest BCUT2D eigenvalue weighted by molar-refractivity contribution is 0.0527. The van der Waals surface area contributed by atoms with Crippen molar-refractivity contribution in [2.45, 2.75) is 20.1 Å². The summed E-state index contributed by atoms with van der Waals surface area (Å²) in [5, 5.41) is 4.66. The lowest BCUT2D eigenvalue weighted by Gasteiger charge is -2.07. The first-order chi connectivity index (χ1) is 15.2. The van der Waals surface area contributed by atoms with Crippen molar-refractivity contribution in [1.82, 2.24) is 9.78 Å². The number of carbonyl (C=O) groups excluding carboxylic acids is 1. The molecule has 0 aliphatic carbocycles. The van der Waals surface area contributed by atoms with Crippen LogP contribution in [0.4, 0.5) is 0 Å². The molecular weight excluding hydrogens is 388 g/mol. The van der Waals surface area contributed by atoms with Crippen molar-refractivity contribution in [3.05, 3.63) is 108 Å². The van der Waals surface area contributed by atoms with E-state index in [1.54, 1.807) is 17.8 Å². The van der Waals surface area contributed by atoms with Crippen LogP contribution in [-0.2, 0) is 17.9 Å². The molecule has 31 heavy (non-hydrogen) atoms. The van der Waals surface area contributed by atoms with Gasteiger partial charge >= 0.3 is 5.97 Å². The fraction of sp³-hybridized carbons (Fsp3) is 0.154. The number of aromatic nitrogens is 2. The van der Waals surface area contributed by atoms with Crippen LogP contribution >= 0.6 is 0 Å². The zero-order chi connectivity index (χ0) is 21.5. The van der Waals surface area contributed by atoms with E-state index >= 15 is 0 Å². The minimum absolute atomic E-state index is 0.322. The van der Waals surface area contributed by atoms with Crippen LogP contribution < -0.4 is 4.74 Å². The van der Waals surface area contributed by atoms with Gasteiger partial charge in [0.25, 0.3) is 0 Å². The van der Waals surface area contributed by atoms with Crippen molar-refractivity contribution in [2.24, 2.45) is 0 Å². The van der Waals surface area contributed by atoms with Gasteiger partial charge in [0, 0.05) is 11.8 Å². The smallest absolute Gasteiger partial charge is 0.341 e. The Morgan fingerprint density at radius 3 is 2.23 bits per heavy atom. The molecule has 0 spiro atoms. The van der Waals surface area contributed by atoms with E-state index in [0.29, 0.717) is 31.0 Å². The molecule has 5 heteroatoms. The van der Waals surface area contributed by atoms with E-state index in [0.717, 1.165) is 22.4 Å². The number of benzene rings is 3. The molecule has 0 aliphatic rings. The third-order valence-electron chi connectivity index (χ3n) is 4.82. The summed E-state index contributed by atoms with van der Waals surface area (Å²) in [5.74, 6) is 0.447. The molecular formula is C26H24N2O3. The predicted octanol–water partition coefficient (Wildman–Crippen LogP) is 5.35. The van der Waals surface area contributed by atoms with Crippen LogP contribution in [0.15, 0.2) is 91.1 Å². The minimum atomic E-state index is -0.364. The van der Waals surface area contributed by atoms with Crippen LogP contribution in [-0.4, -0.2) is 22.4 Å². The fourth-order valence-electron chi connectivity index (χ4n) is 3.29. The van der Waals surface area contributed by atoms with Gasteiger partial charge in [0.1, 0.15) is 23.6 Å². The summed E-state index contributed by atoms with van der Waals surface area (Å²) in [6, 6.07) is 27.7. The Morgan fingerprint density at radius 2 is 1.55 bits per heavy atom. The molecule has 0 radical (unpaired) electrons. The van der Waals surface area contributed by atoms with Crippen LogP contribution in [0.25, 0.3) is 11.3 Å². The maximum absolute atomic E-state index is 12.4. The van der Waals surface area contributed by atoms with Crippen molar-refractivity contribution < 1.29 is 14.3 Å². The van der Waals surface area contributed by atoms with Crippen LogP contribution in [0.1, 0.15) is 28.4 Å². The molecule has 0 saturated carbocycles. The van der Waals surface area contributed by atoms with E-state index in [2.05, 4.69) is 5.10 Å². The summed E-state index contributed by atoms with van der Waals surface area (Å²) >= 11 is 0. The number of esters is 1. The highest BCUT2D eigenvalue weighted by Gasteiger charge is 2.19. The van der Waals surface area contributed by atoms with Gasteiger partial charge in [-0.05, 0) is 30.2 Å². The second-order valence-corrected chi connectivity index (χ2v) is 7.09. The predicted molar refractivity (Wildman–Crippen MR) is 120 cm³/mol. The molecule has 156 valence electrons. The summed E-state index contributed by atoms with van der Waals surface area (Å²) in [5.41, 5.74) is 4.17. The summed E-state index contributed by atoms with van der Waals surface area (Å²) in [6.07, 6.45) is 1.75. The molecule has 0 unspecified atom stereocenters. The highest BCUT2D eigenvalue weighted by Crippen LogP contribution is 2.23. The van der Waals surface area contributed by atoms with Gasteiger partial charge in [-0.2, -0.15) is 5.10 Å². The average molecular weight is 412 g/mol. The van der Waals surface area contributed by atoms with Gasteiger partial charge in [-0.1, -0.05) is 72.8 Å². The van der Waals surface area contributed by atoms with Crippen LogP contribution in [0, 0.1) is 0 Å². The lowest BCUT2D eigenvalue weighted by atomic mass is 10.1. The number of hydrogen-bond donors (Lipinski definition) is 0. The van der Waals surface area contributed by atoms with Gasteiger partial charge in [-0.15, -0.1) is 0 Å². The second kappa shape index (κ2) is 9.76. The third-order valence-corrected chi connectivity index (χ3v) is 4.82. The highest BCUT2D eigenvalue weighted by molar-refractivity contribution is 5.96. The van der Waals surface area contributed by atoms with E-state index in [1.807, 2.05) is 84.9 Å². The normalized spacial score (nSPS) is 10.6. The van der Waals surface area contributed by atoms with E-state index in [1.165, 1.54) is 0 Å². The summed E-state index contributed by atoms with van der Waals surface area (Å²) < 4.78 is 12.8. The van der Waals surface area contributed by atoms with Crippen LogP contribution in [0.3, 0.4) is 0 Å². The molecule has 0 N–H and O–H groups in total. The molecule has 1 heterocycles. The quantitative estimate of drug-likeness (QED) is 0.366. The van der Waals surface area contributed by atoms with Gasteiger partial charge in [0.2, 0.25) is 0 Å². The molecule has 0 fully saturated rings. The maximum atomic E-state index is 12.4. The number of carbonyl (C=O) groups is 1. The molecule has 3 aromatic carbocycles. The fourth-order valence-corrected chi connectivity index (χ4v) is 3.29. The second-order valence-electron chi connectivity index (χ2n) is 7.09. The third kappa shape index (κ3) is 5.20. The first-order valence-corrected chi connectivity index (χ1v) is 10.3. The van der Waals surface area contributed by atoms with E-state index in [4.69, 9.17) is 9.47 Å². The average Bonchev–Trinajstić information content (AvgIpc) is 3.24. The zero-order valence-electron chi connectivity index (χ0n) is 17.4. The van der Waals surface area contributed by atoms with Crippen molar-refractivity contribution >= 4 is 5.97 Å². The van der Waals surface area contributed by atoms with E-state index in [-0.39, 0.29) is 5.97 Å². The Bertz CT molecular complexity index is 1120. The Kier molecular flexibility index (Phi) is 6.43. The Morgan fingerprint density at radius 1 is 0.871 bits per heavy atom. The first-order valence-electron chi connectivity index (χ1n) is 10.3.